The summed E-state index contributed by atoms with van der Waals surface area (Å²) in [6, 6.07) is 9.46. The third-order valence-corrected chi connectivity index (χ3v) is 5.26. The van der Waals surface area contributed by atoms with Crippen LogP contribution < -0.4 is 5.32 Å². The van der Waals surface area contributed by atoms with E-state index in [0.29, 0.717) is 15.7 Å². The fourth-order valence-electron chi connectivity index (χ4n) is 2.74. The SMILES string of the molecule is CC(=O)c1sc(NC(=O)C=Cc2c(C)nn(C)c2C)nc1-c1ccccc1. The van der Waals surface area contributed by atoms with Gasteiger partial charge in [0.05, 0.1) is 16.3 Å². The van der Waals surface area contributed by atoms with E-state index in [4.69, 9.17) is 0 Å². The van der Waals surface area contributed by atoms with Gasteiger partial charge in [-0.3, -0.25) is 19.6 Å². The van der Waals surface area contributed by atoms with Crippen molar-refractivity contribution in [2.75, 3.05) is 5.32 Å². The van der Waals surface area contributed by atoms with Crippen LogP contribution in [-0.2, 0) is 11.8 Å². The molecule has 27 heavy (non-hydrogen) atoms. The average molecular weight is 380 g/mol. The molecule has 2 heterocycles. The van der Waals surface area contributed by atoms with Crippen LogP contribution in [0.1, 0.15) is 33.5 Å². The lowest BCUT2D eigenvalue weighted by Crippen LogP contribution is -2.07. The lowest BCUT2D eigenvalue weighted by molar-refractivity contribution is -0.111. The number of benzene rings is 1. The van der Waals surface area contributed by atoms with Crippen molar-refractivity contribution < 1.29 is 9.59 Å². The Balaban J connectivity index is 1.82. The maximum atomic E-state index is 12.3. The number of hydrogen-bond acceptors (Lipinski definition) is 5. The number of nitrogens with zero attached hydrogens (tertiary/aromatic N) is 3. The lowest BCUT2D eigenvalue weighted by Gasteiger charge is -1.98. The van der Waals surface area contributed by atoms with Crippen LogP contribution in [-0.4, -0.2) is 26.5 Å². The number of amides is 1. The summed E-state index contributed by atoms with van der Waals surface area (Å²) < 4.78 is 1.78. The van der Waals surface area contributed by atoms with E-state index < -0.39 is 0 Å². The molecule has 0 saturated carbocycles. The molecule has 0 spiro atoms. The quantitative estimate of drug-likeness (QED) is 0.536. The van der Waals surface area contributed by atoms with Gasteiger partial charge in [0.2, 0.25) is 5.91 Å². The van der Waals surface area contributed by atoms with E-state index in [1.807, 2.05) is 51.2 Å². The molecule has 0 bridgehead atoms. The molecule has 0 radical (unpaired) electrons. The van der Waals surface area contributed by atoms with Crippen LogP contribution in [0.3, 0.4) is 0 Å². The Morgan fingerprint density at radius 1 is 1.19 bits per heavy atom. The molecule has 3 aromatic rings. The molecule has 1 aromatic carbocycles. The maximum Gasteiger partial charge on any atom is 0.250 e. The molecule has 0 atom stereocenters. The molecule has 6 nitrogen and oxygen atoms in total. The minimum absolute atomic E-state index is 0.0796. The number of aryl methyl sites for hydroxylation is 2. The molecule has 1 amide bonds. The van der Waals surface area contributed by atoms with Gasteiger partial charge in [-0.25, -0.2) is 4.98 Å². The van der Waals surface area contributed by atoms with Crippen molar-refractivity contribution in [3.63, 3.8) is 0 Å². The summed E-state index contributed by atoms with van der Waals surface area (Å²) in [4.78, 5) is 29.2. The smallest absolute Gasteiger partial charge is 0.250 e. The van der Waals surface area contributed by atoms with Crippen LogP contribution in [0.5, 0.6) is 0 Å². The Morgan fingerprint density at radius 2 is 1.89 bits per heavy atom. The van der Waals surface area contributed by atoms with E-state index >= 15 is 0 Å². The topological polar surface area (TPSA) is 76.9 Å². The first-order chi connectivity index (χ1) is 12.9. The number of nitrogens with one attached hydrogen (secondary N) is 1. The number of carbonyl (C=O) groups excluding carboxylic acids is 2. The lowest BCUT2D eigenvalue weighted by atomic mass is 10.1. The van der Waals surface area contributed by atoms with Gasteiger partial charge in [0.1, 0.15) is 0 Å². The molecular weight excluding hydrogens is 360 g/mol. The van der Waals surface area contributed by atoms with E-state index in [-0.39, 0.29) is 11.7 Å². The van der Waals surface area contributed by atoms with E-state index in [1.54, 1.807) is 10.8 Å². The first-order valence-corrected chi connectivity index (χ1v) is 9.25. The highest BCUT2D eigenvalue weighted by Crippen LogP contribution is 2.31. The number of rotatable bonds is 5. The molecular formula is C20H20N4O2S. The number of thiazole rings is 1. The summed E-state index contributed by atoms with van der Waals surface area (Å²) in [6.45, 7) is 5.35. The minimum Gasteiger partial charge on any atom is -0.298 e. The van der Waals surface area contributed by atoms with E-state index in [1.165, 1.54) is 24.3 Å². The predicted molar refractivity (Wildman–Crippen MR) is 108 cm³/mol. The van der Waals surface area contributed by atoms with E-state index in [2.05, 4.69) is 15.4 Å². The van der Waals surface area contributed by atoms with Crippen molar-refractivity contribution in [2.45, 2.75) is 20.8 Å². The van der Waals surface area contributed by atoms with E-state index in [9.17, 15) is 9.59 Å². The first-order valence-electron chi connectivity index (χ1n) is 8.43. The fraction of sp³-hybridized carbons (Fsp3) is 0.200. The number of aromatic nitrogens is 3. The Hall–Kier alpha value is -3.06. The minimum atomic E-state index is -0.305. The molecule has 138 valence electrons. The van der Waals surface area contributed by atoms with Gasteiger partial charge in [-0.2, -0.15) is 5.10 Å². The molecule has 0 aliphatic heterocycles. The number of Topliss-reactive ketones (excluding diaryl/α,β-unsaturated/α-hetero) is 1. The second kappa shape index (κ2) is 7.67. The molecule has 0 aliphatic carbocycles. The van der Waals surface area contributed by atoms with Gasteiger partial charge in [-0.05, 0) is 19.9 Å². The average Bonchev–Trinajstić information content (AvgIpc) is 3.16. The van der Waals surface area contributed by atoms with Gasteiger partial charge in [-0.1, -0.05) is 41.7 Å². The second-order valence-corrected chi connectivity index (χ2v) is 7.15. The summed E-state index contributed by atoms with van der Waals surface area (Å²) in [5, 5.41) is 7.47. The highest BCUT2D eigenvalue weighted by atomic mass is 32.1. The zero-order valence-corrected chi connectivity index (χ0v) is 16.4. The van der Waals surface area contributed by atoms with Crippen molar-refractivity contribution in [3.05, 3.63) is 58.2 Å². The normalized spacial score (nSPS) is 11.1. The zero-order chi connectivity index (χ0) is 19.6. The van der Waals surface area contributed by atoms with Gasteiger partial charge < -0.3 is 0 Å². The molecule has 0 fully saturated rings. The molecule has 2 aromatic heterocycles. The molecule has 0 aliphatic rings. The standard InChI is InChI=1S/C20H20N4O2S/c1-12-16(13(2)24(4)23-12)10-11-17(26)21-20-22-18(19(27-20)14(3)25)15-8-6-5-7-9-15/h5-11H,1-4H3,(H,21,22,26). The zero-order valence-electron chi connectivity index (χ0n) is 15.6. The van der Waals surface area contributed by atoms with Crippen molar-refractivity contribution in [1.29, 1.82) is 0 Å². The largest absolute Gasteiger partial charge is 0.298 e. The Labute approximate surface area is 161 Å². The maximum absolute atomic E-state index is 12.3. The van der Waals surface area contributed by atoms with Crippen LogP contribution in [0.15, 0.2) is 36.4 Å². The van der Waals surface area contributed by atoms with Crippen molar-refractivity contribution in [1.82, 2.24) is 14.8 Å². The van der Waals surface area contributed by atoms with Gasteiger partial charge in [0, 0.05) is 36.9 Å². The Morgan fingerprint density at radius 3 is 2.48 bits per heavy atom. The predicted octanol–water partition coefficient (Wildman–Crippen LogP) is 4.01. The van der Waals surface area contributed by atoms with Gasteiger partial charge in [0.25, 0.3) is 0 Å². The van der Waals surface area contributed by atoms with Gasteiger partial charge in [-0.15, -0.1) is 0 Å². The number of ketones is 1. The van der Waals surface area contributed by atoms with Crippen LogP contribution in [0.25, 0.3) is 17.3 Å². The molecule has 0 unspecified atom stereocenters. The van der Waals surface area contributed by atoms with Crippen molar-refractivity contribution >= 4 is 34.2 Å². The second-order valence-electron chi connectivity index (χ2n) is 6.15. The number of anilines is 1. The Kier molecular flexibility index (Phi) is 5.32. The third-order valence-electron chi connectivity index (χ3n) is 4.19. The third kappa shape index (κ3) is 4.03. The summed E-state index contributed by atoms with van der Waals surface area (Å²) in [5.41, 5.74) is 4.19. The number of carbonyl (C=O) groups is 2. The molecule has 1 N–H and O–H groups in total. The molecule has 0 saturated heterocycles. The number of hydrogen-bond donors (Lipinski definition) is 1. The van der Waals surface area contributed by atoms with E-state index in [0.717, 1.165) is 22.5 Å². The monoisotopic (exact) mass is 380 g/mol. The summed E-state index contributed by atoms with van der Waals surface area (Å²) in [7, 11) is 1.86. The highest BCUT2D eigenvalue weighted by Gasteiger charge is 2.17. The first kappa shape index (κ1) is 18.7. The fourth-order valence-corrected chi connectivity index (χ4v) is 3.63. The molecule has 7 heteroatoms. The Bertz CT molecular complexity index is 1030. The van der Waals surface area contributed by atoms with Gasteiger partial charge in [0.15, 0.2) is 10.9 Å². The summed E-state index contributed by atoms with van der Waals surface area (Å²) >= 11 is 1.18. The van der Waals surface area contributed by atoms with Crippen LogP contribution in [0, 0.1) is 13.8 Å². The highest BCUT2D eigenvalue weighted by molar-refractivity contribution is 7.18. The van der Waals surface area contributed by atoms with Crippen molar-refractivity contribution in [2.24, 2.45) is 7.05 Å². The molecule has 3 rings (SSSR count). The van der Waals surface area contributed by atoms with Crippen molar-refractivity contribution in [3.8, 4) is 11.3 Å². The summed E-state index contributed by atoms with van der Waals surface area (Å²) in [5.74, 6) is -0.384. The van der Waals surface area contributed by atoms with Gasteiger partial charge >= 0.3 is 0 Å². The summed E-state index contributed by atoms with van der Waals surface area (Å²) in [6.07, 6.45) is 3.19. The van der Waals surface area contributed by atoms with Crippen LogP contribution >= 0.6 is 11.3 Å². The van der Waals surface area contributed by atoms with Crippen LogP contribution in [0.2, 0.25) is 0 Å². The van der Waals surface area contributed by atoms with Crippen LogP contribution in [0.4, 0.5) is 5.13 Å².